The molecule has 0 bridgehead atoms. The van der Waals surface area contributed by atoms with Crippen molar-refractivity contribution in [3.63, 3.8) is 0 Å². The molecule has 0 aromatic heterocycles. The van der Waals surface area contributed by atoms with Gasteiger partial charge < -0.3 is 10.5 Å². The van der Waals surface area contributed by atoms with E-state index in [4.69, 9.17) is 10.5 Å². The number of hydrogen-bond acceptors (Lipinski definition) is 4. The molecule has 0 saturated heterocycles. The quantitative estimate of drug-likeness (QED) is 0.663. The van der Waals surface area contributed by atoms with Crippen molar-refractivity contribution >= 4 is 11.7 Å². The SMILES string of the molecule is CCOC(=O)c1ccc2c(c1N)CN(CCC(C)C)C2. The maximum absolute atomic E-state index is 11.8. The first-order valence-electron chi connectivity index (χ1n) is 7.32. The lowest BCUT2D eigenvalue weighted by Crippen LogP contribution is -2.19. The van der Waals surface area contributed by atoms with Crippen molar-refractivity contribution in [2.45, 2.75) is 40.3 Å². The maximum atomic E-state index is 11.8. The fourth-order valence-electron chi connectivity index (χ4n) is 2.55. The molecule has 0 amide bonds. The number of anilines is 1. The van der Waals surface area contributed by atoms with Gasteiger partial charge in [0, 0.05) is 13.1 Å². The summed E-state index contributed by atoms with van der Waals surface area (Å²) < 4.78 is 5.04. The predicted molar refractivity (Wildman–Crippen MR) is 80.4 cm³/mol. The van der Waals surface area contributed by atoms with Crippen LogP contribution >= 0.6 is 0 Å². The molecule has 1 aliphatic rings. The Morgan fingerprint density at radius 1 is 1.40 bits per heavy atom. The maximum Gasteiger partial charge on any atom is 0.340 e. The number of nitrogens with zero attached hydrogens (tertiary/aromatic N) is 1. The van der Waals surface area contributed by atoms with E-state index in [1.807, 2.05) is 6.07 Å². The Labute approximate surface area is 120 Å². The second-order valence-electron chi connectivity index (χ2n) is 5.78. The molecule has 1 aromatic rings. The Kier molecular flexibility index (Phi) is 4.65. The van der Waals surface area contributed by atoms with Crippen LogP contribution in [0.15, 0.2) is 12.1 Å². The third kappa shape index (κ3) is 3.12. The van der Waals surface area contributed by atoms with Gasteiger partial charge in [0.2, 0.25) is 0 Å². The van der Waals surface area contributed by atoms with Crippen LogP contribution in [0.5, 0.6) is 0 Å². The van der Waals surface area contributed by atoms with Crippen molar-refractivity contribution in [1.29, 1.82) is 0 Å². The molecule has 2 N–H and O–H groups in total. The number of carbonyl (C=O) groups is 1. The zero-order valence-corrected chi connectivity index (χ0v) is 12.6. The topological polar surface area (TPSA) is 55.6 Å². The van der Waals surface area contributed by atoms with E-state index >= 15 is 0 Å². The fourth-order valence-corrected chi connectivity index (χ4v) is 2.55. The van der Waals surface area contributed by atoms with Crippen LogP contribution in [0.1, 0.15) is 48.7 Å². The van der Waals surface area contributed by atoms with Crippen molar-refractivity contribution in [2.24, 2.45) is 5.92 Å². The second-order valence-corrected chi connectivity index (χ2v) is 5.78. The van der Waals surface area contributed by atoms with Crippen LogP contribution < -0.4 is 5.73 Å². The number of nitrogens with two attached hydrogens (primary N) is 1. The lowest BCUT2D eigenvalue weighted by atomic mass is 10.0. The standard InChI is InChI=1S/C16H24N2O2/c1-4-20-16(19)13-6-5-12-9-18(8-7-11(2)3)10-14(12)15(13)17/h5-6,11H,4,7-10,17H2,1-3H3. The van der Waals surface area contributed by atoms with Gasteiger partial charge >= 0.3 is 5.97 Å². The Hall–Kier alpha value is -1.55. The van der Waals surface area contributed by atoms with E-state index in [2.05, 4.69) is 18.7 Å². The van der Waals surface area contributed by atoms with E-state index in [1.165, 1.54) is 12.0 Å². The number of fused-ring (bicyclic) bond motifs is 1. The molecule has 0 unspecified atom stereocenters. The monoisotopic (exact) mass is 276 g/mol. The molecule has 2 rings (SSSR count). The van der Waals surface area contributed by atoms with Gasteiger partial charge in [0.25, 0.3) is 0 Å². The van der Waals surface area contributed by atoms with Crippen LogP contribution in [-0.2, 0) is 17.8 Å². The van der Waals surface area contributed by atoms with Crippen molar-refractivity contribution in [3.8, 4) is 0 Å². The lowest BCUT2D eigenvalue weighted by molar-refractivity contribution is 0.0527. The van der Waals surface area contributed by atoms with Crippen LogP contribution in [-0.4, -0.2) is 24.0 Å². The van der Waals surface area contributed by atoms with Gasteiger partial charge in [-0.15, -0.1) is 0 Å². The zero-order chi connectivity index (χ0) is 14.7. The first kappa shape index (κ1) is 14.9. The molecule has 0 aliphatic carbocycles. The smallest absolute Gasteiger partial charge is 0.340 e. The average Bonchev–Trinajstić information content (AvgIpc) is 2.81. The Bertz CT molecular complexity index is 497. The predicted octanol–water partition coefficient (Wildman–Crippen LogP) is 2.81. The summed E-state index contributed by atoms with van der Waals surface area (Å²) in [5.74, 6) is 0.375. The number of benzene rings is 1. The van der Waals surface area contributed by atoms with Gasteiger partial charge in [-0.1, -0.05) is 19.9 Å². The van der Waals surface area contributed by atoms with Gasteiger partial charge in [-0.2, -0.15) is 0 Å². The number of esters is 1. The molecule has 1 heterocycles. The average molecular weight is 276 g/mol. The number of rotatable bonds is 5. The summed E-state index contributed by atoms with van der Waals surface area (Å²) in [6.07, 6.45) is 1.18. The van der Waals surface area contributed by atoms with Gasteiger partial charge in [0.1, 0.15) is 0 Å². The van der Waals surface area contributed by atoms with Crippen molar-refractivity contribution < 1.29 is 9.53 Å². The third-order valence-corrected chi connectivity index (χ3v) is 3.75. The molecule has 4 heteroatoms. The van der Waals surface area contributed by atoms with Gasteiger partial charge in [0.15, 0.2) is 0 Å². The van der Waals surface area contributed by atoms with Crippen LogP contribution in [0.4, 0.5) is 5.69 Å². The summed E-state index contributed by atoms with van der Waals surface area (Å²) >= 11 is 0. The van der Waals surface area contributed by atoms with Crippen LogP contribution in [0, 0.1) is 5.92 Å². The first-order chi connectivity index (χ1) is 9.52. The summed E-state index contributed by atoms with van der Waals surface area (Å²) in [5.41, 5.74) is 9.58. The van der Waals surface area contributed by atoms with Gasteiger partial charge in [-0.05, 0) is 43.0 Å². The summed E-state index contributed by atoms with van der Waals surface area (Å²) in [4.78, 5) is 14.2. The Morgan fingerprint density at radius 3 is 2.80 bits per heavy atom. The molecule has 0 atom stereocenters. The van der Waals surface area contributed by atoms with Crippen LogP contribution in [0.3, 0.4) is 0 Å². The molecule has 0 fully saturated rings. The van der Waals surface area contributed by atoms with E-state index in [1.54, 1.807) is 13.0 Å². The fraction of sp³-hybridized carbons (Fsp3) is 0.562. The van der Waals surface area contributed by atoms with E-state index in [0.717, 1.165) is 25.2 Å². The lowest BCUT2D eigenvalue weighted by Gasteiger charge is -2.16. The molecular weight excluding hydrogens is 252 g/mol. The zero-order valence-electron chi connectivity index (χ0n) is 12.6. The summed E-state index contributed by atoms with van der Waals surface area (Å²) in [6.45, 7) is 9.47. The van der Waals surface area contributed by atoms with E-state index < -0.39 is 0 Å². The largest absolute Gasteiger partial charge is 0.462 e. The molecule has 0 radical (unpaired) electrons. The van der Waals surface area contributed by atoms with Crippen LogP contribution in [0.25, 0.3) is 0 Å². The number of carbonyl (C=O) groups excluding carboxylic acids is 1. The highest BCUT2D eigenvalue weighted by molar-refractivity contribution is 5.96. The third-order valence-electron chi connectivity index (χ3n) is 3.75. The van der Waals surface area contributed by atoms with E-state index in [0.29, 0.717) is 23.8 Å². The van der Waals surface area contributed by atoms with Crippen molar-refractivity contribution in [2.75, 3.05) is 18.9 Å². The minimum Gasteiger partial charge on any atom is -0.462 e. The second kappa shape index (κ2) is 6.27. The molecular formula is C16H24N2O2. The Balaban J connectivity index is 2.13. The normalized spacial score (nSPS) is 14.6. The molecule has 1 aliphatic heterocycles. The number of nitrogen functional groups attached to an aromatic ring is 1. The first-order valence-corrected chi connectivity index (χ1v) is 7.32. The summed E-state index contributed by atoms with van der Waals surface area (Å²) in [7, 11) is 0. The molecule has 110 valence electrons. The van der Waals surface area contributed by atoms with Crippen LogP contribution in [0.2, 0.25) is 0 Å². The van der Waals surface area contributed by atoms with Gasteiger partial charge in [-0.3, -0.25) is 4.90 Å². The number of ether oxygens (including phenoxy) is 1. The van der Waals surface area contributed by atoms with E-state index in [9.17, 15) is 4.79 Å². The molecule has 4 nitrogen and oxygen atoms in total. The minimum absolute atomic E-state index is 0.326. The van der Waals surface area contributed by atoms with Gasteiger partial charge in [0.05, 0.1) is 17.9 Å². The highest BCUT2D eigenvalue weighted by atomic mass is 16.5. The molecule has 1 aromatic carbocycles. The Morgan fingerprint density at radius 2 is 2.15 bits per heavy atom. The molecule has 0 saturated carbocycles. The van der Waals surface area contributed by atoms with Crippen molar-refractivity contribution in [1.82, 2.24) is 4.90 Å². The van der Waals surface area contributed by atoms with E-state index in [-0.39, 0.29) is 5.97 Å². The highest BCUT2D eigenvalue weighted by Gasteiger charge is 2.24. The van der Waals surface area contributed by atoms with Crippen molar-refractivity contribution in [3.05, 3.63) is 28.8 Å². The minimum atomic E-state index is -0.326. The summed E-state index contributed by atoms with van der Waals surface area (Å²) in [6, 6.07) is 3.80. The highest BCUT2D eigenvalue weighted by Crippen LogP contribution is 2.31. The molecule has 20 heavy (non-hydrogen) atoms. The van der Waals surface area contributed by atoms with Gasteiger partial charge in [-0.25, -0.2) is 4.79 Å². The number of hydrogen-bond donors (Lipinski definition) is 1. The summed E-state index contributed by atoms with van der Waals surface area (Å²) in [5, 5.41) is 0. The molecule has 0 spiro atoms.